The van der Waals surface area contributed by atoms with E-state index in [2.05, 4.69) is 10.6 Å². The molecule has 0 aromatic rings. The summed E-state index contributed by atoms with van der Waals surface area (Å²) in [5, 5.41) is 16.4. The van der Waals surface area contributed by atoms with E-state index in [0.29, 0.717) is 25.0 Å². The van der Waals surface area contributed by atoms with Gasteiger partial charge in [0.2, 0.25) is 17.7 Å². The molecule has 0 radical (unpaired) electrons. The number of hydrogen-bond acceptors (Lipinski definition) is 6. The van der Waals surface area contributed by atoms with Gasteiger partial charge in [-0.25, -0.2) is 5.01 Å². The Morgan fingerprint density at radius 2 is 1.79 bits per heavy atom. The van der Waals surface area contributed by atoms with Crippen LogP contribution >= 0.6 is 0 Å². The molecule has 0 aromatic carbocycles. The van der Waals surface area contributed by atoms with Crippen LogP contribution in [0.15, 0.2) is 0 Å². The van der Waals surface area contributed by atoms with Gasteiger partial charge in [0.15, 0.2) is 0 Å². The molecule has 0 aromatic heterocycles. The molecular weight excluding hydrogens is 432 g/mol. The third kappa shape index (κ3) is 6.29. The van der Waals surface area contributed by atoms with Crippen molar-refractivity contribution in [2.45, 2.75) is 88.8 Å². The summed E-state index contributed by atoms with van der Waals surface area (Å²) in [4.78, 5) is 73.7. The predicted octanol–water partition coefficient (Wildman–Crippen LogP) is 0.128. The molecule has 3 atom stereocenters. The maximum absolute atomic E-state index is 13.4. The van der Waals surface area contributed by atoms with Crippen LogP contribution in [0, 0.1) is 5.92 Å². The number of carboxylic acid groups (broad SMARTS) is 1. The van der Waals surface area contributed by atoms with Crippen LogP contribution in [0.25, 0.3) is 0 Å². The van der Waals surface area contributed by atoms with Gasteiger partial charge in [-0.1, -0.05) is 19.3 Å². The van der Waals surface area contributed by atoms with Crippen LogP contribution in [0.1, 0.15) is 70.6 Å². The Balaban J connectivity index is 1.71. The molecule has 33 heavy (non-hydrogen) atoms. The van der Waals surface area contributed by atoms with Crippen molar-refractivity contribution in [3.8, 4) is 0 Å². The van der Waals surface area contributed by atoms with Gasteiger partial charge in [-0.05, 0) is 38.0 Å². The summed E-state index contributed by atoms with van der Waals surface area (Å²) in [5.41, 5.74) is 0. The van der Waals surface area contributed by atoms with Gasteiger partial charge in [0.1, 0.15) is 18.4 Å². The molecule has 3 N–H and O–H groups in total. The van der Waals surface area contributed by atoms with Gasteiger partial charge < -0.3 is 20.5 Å². The highest BCUT2D eigenvalue weighted by Gasteiger charge is 2.45. The average Bonchev–Trinajstić information content (AvgIpc) is 2.91. The van der Waals surface area contributed by atoms with Crippen LogP contribution < -0.4 is 10.6 Å². The molecular formula is C22H32N4O7. The van der Waals surface area contributed by atoms with Crippen molar-refractivity contribution in [2.75, 3.05) is 6.54 Å². The van der Waals surface area contributed by atoms with Crippen molar-refractivity contribution in [1.82, 2.24) is 20.7 Å². The number of aliphatic carboxylic acids is 1. The summed E-state index contributed by atoms with van der Waals surface area (Å²) in [5.74, 6) is -2.75. The molecule has 0 bridgehead atoms. The fourth-order valence-corrected chi connectivity index (χ4v) is 4.91. The lowest BCUT2D eigenvalue weighted by molar-refractivity contribution is -0.176. The monoisotopic (exact) mass is 464 g/mol. The maximum Gasteiger partial charge on any atom is 0.305 e. The molecule has 11 nitrogen and oxygen atoms in total. The number of rotatable bonds is 8. The van der Waals surface area contributed by atoms with E-state index >= 15 is 0 Å². The summed E-state index contributed by atoms with van der Waals surface area (Å²) >= 11 is 0. The number of carbonyl (C=O) groups excluding carboxylic acids is 5. The number of nitrogens with zero attached hydrogens (tertiary/aromatic N) is 2. The number of carbonyl (C=O) groups is 6. The zero-order valence-electron chi connectivity index (χ0n) is 18.7. The molecule has 4 amide bonds. The lowest BCUT2D eigenvalue weighted by Gasteiger charge is -2.43. The highest BCUT2D eigenvalue weighted by molar-refractivity contribution is 5.96. The quantitative estimate of drug-likeness (QED) is 0.432. The number of fused-ring (bicyclic) bond motifs is 1. The van der Waals surface area contributed by atoms with Crippen LogP contribution in [-0.2, 0) is 28.8 Å². The largest absolute Gasteiger partial charge is 0.481 e. The van der Waals surface area contributed by atoms with Gasteiger partial charge in [-0.2, -0.15) is 0 Å². The van der Waals surface area contributed by atoms with Crippen molar-refractivity contribution < 1.29 is 33.9 Å². The SMILES string of the molecule is O=C[C@H](CC(=O)O)NC(=O)[C@@H]1CCCN2C(=O)CC[C@H](NC(=O)CC3CCCCC3)C(=O)N12. The second kappa shape index (κ2) is 11.2. The molecule has 3 rings (SSSR count). The number of carboxylic acids is 1. The molecule has 1 saturated carbocycles. The van der Waals surface area contributed by atoms with E-state index in [1.165, 1.54) is 11.4 Å². The lowest BCUT2D eigenvalue weighted by atomic mass is 9.87. The highest BCUT2D eigenvalue weighted by atomic mass is 16.4. The minimum Gasteiger partial charge on any atom is -0.481 e. The smallest absolute Gasteiger partial charge is 0.305 e. The van der Waals surface area contributed by atoms with Crippen LogP contribution in [0.5, 0.6) is 0 Å². The Kier molecular flexibility index (Phi) is 8.40. The molecule has 11 heteroatoms. The topological polar surface area (TPSA) is 153 Å². The predicted molar refractivity (Wildman–Crippen MR) is 114 cm³/mol. The zero-order chi connectivity index (χ0) is 24.0. The molecule has 3 fully saturated rings. The summed E-state index contributed by atoms with van der Waals surface area (Å²) in [6, 6.07) is -3.24. The van der Waals surface area contributed by atoms with Gasteiger partial charge in [-0.15, -0.1) is 0 Å². The third-order valence-corrected chi connectivity index (χ3v) is 6.58. The standard InChI is InChI=1S/C22H32N4O7/c27-13-15(12-20(30)31)23-21(32)17-7-4-10-25-19(29)9-8-16(22(33)26(17)25)24-18(28)11-14-5-2-1-3-6-14/h13-17H,1-12H2,(H,23,32)(H,24,28)(H,30,31)/t15-,16-,17-/m0/s1. The Morgan fingerprint density at radius 1 is 1.06 bits per heavy atom. The van der Waals surface area contributed by atoms with Gasteiger partial charge in [-0.3, -0.25) is 29.0 Å². The molecule has 2 heterocycles. The number of hydrazine groups is 1. The van der Waals surface area contributed by atoms with Crippen molar-refractivity contribution in [3.63, 3.8) is 0 Å². The van der Waals surface area contributed by atoms with Gasteiger partial charge in [0.25, 0.3) is 5.91 Å². The average molecular weight is 465 g/mol. The second-order valence-corrected chi connectivity index (χ2v) is 9.07. The minimum absolute atomic E-state index is 0.0565. The van der Waals surface area contributed by atoms with Crippen LogP contribution in [0.2, 0.25) is 0 Å². The molecule has 0 spiro atoms. The summed E-state index contributed by atoms with van der Waals surface area (Å²) < 4.78 is 0. The Labute approximate surface area is 192 Å². The second-order valence-electron chi connectivity index (χ2n) is 9.07. The fourth-order valence-electron chi connectivity index (χ4n) is 4.91. The molecule has 1 aliphatic carbocycles. The number of aldehydes is 1. The Hall–Kier alpha value is -2.98. The number of nitrogens with one attached hydrogen (secondary N) is 2. The summed E-state index contributed by atoms with van der Waals surface area (Å²) in [6.45, 7) is 0.267. The molecule has 3 aliphatic rings. The first-order chi connectivity index (χ1) is 15.8. The Bertz CT molecular complexity index is 796. The van der Waals surface area contributed by atoms with Crippen molar-refractivity contribution in [1.29, 1.82) is 0 Å². The van der Waals surface area contributed by atoms with Gasteiger partial charge >= 0.3 is 5.97 Å². The lowest BCUT2D eigenvalue weighted by Crippen LogP contribution is -2.64. The summed E-state index contributed by atoms with van der Waals surface area (Å²) in [7, 11) is 0. The van der Waals surface area contributed by atoms with Crippen molar-refractivity contribution in [2.24, 2.45) is 5.92 Å². The normalized spacial score (nSPS) is 25.0. The number of hydrogen-bond donors (Lipinski definition) is 3. The molecule has 2 aliphatic heterocycles. The number of amides is 4. The Morgan fingerprint density at radius 3 is 2.45 bits per heavy atom. The molecule has 0 unspecified atom stereocenters. The van der Waals surface area contributed by atoms with E-state index in [1.807, 2.05) is 0 Å². The minimum atomic E-state index is -1.25. The highest BCUT2D eigenvalue weighted by Crippen LogP contribution is 2.27. The first-order valence-corrected chi connectivity index (χ1v) is 11.7. The van der Waals surface area contributed by atoms with Crippen molar-refractivity contribution in [3.05, 3.63) is 0 Å². The first-order valence-electron chi connectivity index (χ1n) is 11.7. The maximum atomic E-state index is 13.4. The van der Waals surface area contributed by atoms with E-state index in [4.69, 9.17) is 5.11 Å². The van der Waals surface area contributed by atoms with Crippen LogP contribution in [0.4, 0.5) is 0 Å². The van der Waals surface area contributed by atoms with E-state index in [1.54, 1.807) is 0 Å². The van der Waals surface area contributed by atoms with Gasteiger partial charge in [0.05, 0.1) is 12.5 Å². The third-order valence-electron chi connectivity index (χ3n) is 6.58. The van der Waals surface area contributed by atoms with Crippen LogP contribution in [0.3, 0.4) is 0 Å². The summed E-state index contributed by atoms with van der Waals surface area (Å²) in [6.07, 6.45) is 6.34. The fraction of sp³-hybridized carbons (Fsp3) is 0.727. The zero-order valence-corrected chi connectivity index (χ0v) is 18.7. The van der Waals surface area contributed by atoms with E-state index in [-0.39, 0.29) is 37.6 Å². The van der Waals surface area contributed by atoms with E-state index in [9.17, 15) is 28.8 Å². The van der Waals surface area contributed by atoms with Gasteiger partial charge in [0, 0.05) is 19.4 Å². The van der Waals surface area contributed by atoms with E-state index in [0.717, 1.165) is 30.7 Å². The van der Waals surface area contributed by atoms with E-state index < -0.39 is 42.3 Å². The van der Waals surface area contributed by atoms with Crippen molar-refractivity contribution >= 4 is 35.9 Å². The first kappa shape index (κ1) is 24.7. The van der Waals surface area contributed by atoms with Crippen LogP contribution in [-0.4, -0.2) is 75.7 Å². The molecule has 182 valence electrons. The molecule has 2 saturated heterocycles.